The summed E-state index contributed by atoms with van der Waals surface area (Å²) in [5.74, 6) is -0.264. The number of benzene rings is 2. The molecule has 0 aliphatic heterocycles. The molecule has 28 heavy (non-hydrogen) atoms. The Balaban J connectivity index is 2.16. The topological polar surface area (TPSA) is 58.6 Å². The SMILES string of the molecule is CCNC(=O)[C@H](C)N(Cc1cccc(Cl)c1)C(=O)COc1ccc(Cl)cc1Cl. The third-order valence-electron chi connectivity index (χ3n) is 4.01. The molecular weight excluding hydrogens is 423 g/mol. The average molecular weight is 444 g/mol. The van der Waals surface area contributed by atoms with E-state index in [1.165, 1.54) is 11.0 Å². The first kappa shape index (κ1) is 22.3. The summed E-state index contributed by atoms with van der Waals surface area (Å²) in [5, 5.41) is 4.06. The molecule has 0 aromatic heterocycles. The predicted octanol–water partition coefficient (Wildman–Crippen LogP) is 4.58. The monoisotopic (exact) mass is 442 g/mol. The molecule has 150 valence electrons. The maximum Gasteiger partial charge on any atom is 0.261 e. The summed E-state index contributed by atoms with van der Waals surface area (Å²) in [5.41, 5.74) is 0.807. The van der Waals surface area contributed by atoms with E-state index in [1.54, 1.807) is 37.3 Å². The number of rotatable bonds is 8. The summed E-state index contributed by atoms with van der Waals surface area (Å²) in [6, 6.07) is 11.2. The highest BCUT2D eigenvalue weighted by molar-refractivity contribution is 6.35. The number of carbonyl (C=O) groups is 2. The number of ether oxygens (including phenoxy) is 1. The van der Waals surface area contributed by atoms with Gasteiger partial charge in [0.15, 0.2) is 6.61 Å². The van der Waals surface area contributed by atoms with Crippen molar-refractivity contribution in [1.29, 1.82) is 0 Å². The molecule has 0 heterocycles. The van der Waals surface area contributed by atoms with Crippen LogP contribution in [0.3, 0.4) is 0 Å². The minimum Gasteiger partial charge on any atom is -0.482 e. The van der Waals surface area contributed by atoms with Gasteiger partial charge in [-0.3, -0.25) is 9.59 Å². The lowest BCUT2D eigenvalue weighted by atomic mass is 10.1. The molecule has 8 heteroatoms. The first-order valence-corrected chi connectivity index (χ1v) is 9.84. The van der Waals surface area contributed by atoms with Crippen molar-refractivity contribution >= 4 is 46.6 Å². The normalized spacial score (nSPS) is 11.6. The second-order valence-electron chi connectivity index (χ2n) is 6.09. The maximum absolute atomic E-state index is 12.9. The van der Waals surface area contributed by atoms with Crippen LogP contribution in [0.4, 0.5) is 0 Å². The Bertz CT molecular complexity index is 845. The van der Waals surface area contributed by atoms with Crippen LogP contribution in [-0.4, -0.2) is 35.9 Å². The van der Waals surface area contributed by atoms with Gasteiger partial charge in [-0.25, -0.2) is 0 Å². The molecule has 5 nitrogen and oxygen atoms in total. The number of likely N-dealkylation sites (N-methyl/N-ethyl adjacent to an activating group) is 1. The molecule has 1 N–H and O–H groups in total. The van der Waals surface area contributed by atoms with Crippen LogP contribution in [-0.2, 0) is 16.1 Å². The van der Waals surface area contributed by atoms with E-state index in [4.69, 9.17) is 39.5 Å². The van der Waals surface area contributed by atoms with E-state index in [0.717, 1.165) is 5.56 Å². The van der Waals surface area contributed by atoms with Crippen LogP contribution in [0.15, 0.2) is 42.5 Å². The van der Waals surface area contributed by atoms with E-state index in [9.17, 15) is 9.59 Å². The van der Waals surface area contributed by atoms with Crippen LogP contribution in [0.5, 0.6) is 5.75 Å². The fourth-order valence-corrected chi connectivity index (χ4v) is 3.23. The molecule has 2 aromatic rings. The lowest BCUT2D eigenvalue weighted by Crippen LogP contribution is -2.49. The number of nitrogens with zero attached hydrogens (tertiary/aromatic N) is 1. The lowest BCUT2D eigenvalue weighted by Gasteiger charge is -2.28. The first-order chi connectivity index (χ1) is 13.3. The second-order valence-corrected chi connectivity index (χ2v) is 7.37. The highest BCUT2D eigenvalue weighted by Gasteiger charge is 2.26. The Morgan fingerprint density at radius 2 is 1.82 bits per heavy atom. The van der Waals surface area contributed by atoms with E-state index in [0.29, 0.717) is 27.4 Å². The van der Waals surface area contributed by atoms with E-state index in [1.807, 2.05) is 13.0 Å². The van der Waals surface area contributed by atoms with Crippen LogP contribution in [0.2, 0.25) is 15.1 Å². The molecule has 0 radical (unpaired) electrons. The van der Waals surface area contributed by atoms with Crippen molar-refractivity contribution in [3.05, 3.63) is 63.1 Å². The van der Waals surface area contributed by atoms with Gasteiger partial charge in [0.1, 0.15) is 11.8 Å². The van der Waals surface area contributed by atoms with Crippen molar-refractivity contribution in [2.45, 2.75) is 26.4 Å². The van der Waals surface area contributed by atoms with Gasteiger partial charge in [-0.1, -0.05) is 46.9 Å². The standard InChI is InChI=1S/C20H21Cl3N2O3/c1-3-24-20(27)13(2)25(11-14-5-4-6-15(21)9-14)19(26)12-28-18-8-7-16(22)10-17(18)23/h4-10,13H,3,11-12H2,1-2H3,(H,24,27)/t13-/m0/s1. The number of nitrogens with one attached hydrogen (secondary N) is 1. The number of carbonyl (C=O) groups excluding carboxylic acids is 2. The number of halogens is 3. The summed E-state index contributed by atoms with van der Waals surface area (Å²) in [4.78, 5) is 26.6. The molecule has 2 rings (SSSR count). The molecule has 2 aromatic carbocycles. The van der Waals surface area contributed by atoms with Gasteiger partial charge in [-0.05, 0) is 49.7 Å². The van der Waals surface area contributed by atoms with Crippen molar-refractivity contribution in [2.24, 2.45) is 0 Å². The second kappa shape index (κ2) is 10.6. The Hall–Kier alpha value is -1.95. The Labute approximate surface area is 179 Å². The van der Waals surface area contributed by atoms with E-state index in [-0.39, 0.29) is 25.0 Å². The van der Waals surface area contributed by atoms with E-state index in [2.05, 4.69) is 5.32 Å². The summed E-state index contributed by atoms with van der Waals surface area (Å²) in [6.45, 7) is 3.91. The zero-order valence-corrected chi connectivity index (χ0v) is 17.8. The van der Waals surface area contributed by atoms with Gasteiger partial charge in [0.05, 0.1) is 5.02 Å². The zero-order chi connectivity index (χ0) is 20.7. The highest BCUT2D eigenvalue weighted by atomic mass is 35.5. The van der Waals surface area contributed by atoms with Crippen molar-refractivity contribution in [3.8, 4) is 5.75 Å². The molecule has 0 unspecified atom stereocenters. The molecule has 0 aliphatic carbocycles. The first-order valence-electron chi connectivity index (χ1n) is 8.71. The minimum absolute atomic E-state index is 0.218. The number of hydrogen-bond acceptors (Lipinski definition) is 3. The minimum atomic E-state index is -0.685. The van der Waals surface area contributed by atoms with Crippen LogP contribution in [0, 0.1) is 0 Å². The number of amides is 2. The highest BCUT2D eigenvalue weighted by Crippen LogP contribution is 2.27. The average Bonchev–Trinajstić information content (AvgIpc) is 2.65. The maximum atomic E-state index is 12.9. The van der Waals surface area contributed by atoms with Crippen molar-refractivity contribution in [3.63, 3.8) is 0 Å². The Kier molecular flexibility index (Phi) is 8.42. The van der Waals surface area contributed by atoms with Crippen LogP contribution in [0.1, 0.15) is 19.4 Å². The van der Waals surface area contributed by atoms with Gasteiger partial charge in [0, 0.05) is 23.1 Å². The Morgan fingerprint density at radius 1 is 1.11 bits per heavy atom. The third-order valence-corrected chi connectivity index (χ3v) is 4.77. The van der Waals surface area contributed by atoms with E-state index >= 15 is 0 Å². The van der Waals surface area contributed by atoms with Gasteiger partial charge in [0.2, 0.25) is 5.91 Å². The molecule has 0 fully saturated rings. The summed E-state index contributed by atoms with van der Waals surface area (Å²) < 4.78 is 5.55. The molecule has 0 saturated heterocycles. The number of hydrogen-bond donors (Lipinski definition) is 1. The van der Waals surface area contributed by atoms with E-state index < -0.39 is 6.04 Å². The molecule has 1 atom stereocenters. The van der Waals surface area contributed by atoms with Crippen molar-refractivity contribution in [2.75, 3.05) is 13.2 Å². The Morgan fingerprint density at radius 3 is 2.46 bits per heavy atom. The third kappa shape index (κ3) is 6.30. The van der Waals surface area contributed by atoms with Gasteiger partial charge in [-0.2, -0.15) is 0 Å². The summed E-state index contributed by atoms with van der Waals surface area (Å²) >= 11 is 18.0. The fraction of sp³-hybridized carbons (Fsp3) is 0.300. The summed E-state index contributed by atoms with van der Waals surface area (Å²) in [7, 11) is 0. The van der Waals surface area contributed by atoms with Gasteiger partial charge >= 0.3 is 0 Å². The predicted molar refractivity (Wildman–Crippen MR) is 112 cm³/mol. The van der Waals surface area contributed by atoms with Crippen LogP contribution >= 0.6 is 34.8 Å². The zero-order valence-electron chi connectivity index (χ0n) is 15.5. The van der Waals surface area contributed by atoms with Crippen LogP contribution in [0.25, 0.3) is 0 Å². The molecule has 0 bridgehead atoms. The smallest absolute Gasteiger partial charge is 0.261 e. The van der Waals surface area contributed by atoms with Gasteiger partial charge in [-0.15, -0.1) is 0 Å². The molecular formula is C20H21Cl3N2O3. The van der Waals surface area contributed by atoms with Crippen molar-refractivity contribution in [1.82, 2.24) is 10.2 Å². The molecule has 0 saturated carbocycles. The van der Waals surface area contributed by atoms with Crippen molar-refractivity contribution < 1.29 is 14.3 Å². The van der Waals surface area contributed by atoms with Gasteiger partial charge < -0.3 is 15.0 Å². The van der Waals surface area contributed by atoms with Crippen LogP contribution < -0.4 is 10.1 Å². The molecule has 0 aliphatic rings. The molecule has 2 amide bonds. The largest absolute Gasteiger partial charge is 0.482 e. The molecule has 0 spiro atoms. The summed E-state index contributed by atoms with van der Waals surface area (Å²) in [6.07, 6.45) is 0. The van der Waals surface area contributed by atoms with Gasteiger partial charge in [0.25, 0.3) is 5.91 Å². The lowest BCUT2D eigenvalue weighted by molar-refractivity contribution is -0.142. The quantitative estimate of drug-likeness (QED) is 0.650. The fourth-order valence-electron chi connectivity index (χ4n) is 2.55.